The summed E-state index contributed by atoms with van der Waals surface area (Å²) in [5.74, 6) is -1.80. The van der Waals surface area contributed by atoms with Crippen LogP contribution in [0.1, 0.15) is 26.5 Å². The van der Waals surface area contributed by atoms with Crippen LogP contribution in [0.25, 0.3) is 11.3 Å². The van der Waals surface area contributed by atoms with E-state index in [0.29, 0.717) is 5.56 Å². The molecule has 0 saturated carbocycles. The molecule has 3 aromatic rings. The molecule has 0 aliphatic rings. The number of halogens is 1. The minimum absolute atomic E-state index is 0.0462. The first-order valence-corrected chi connectivity index (χ1v) is 8.33. The third-order valence-corrected chi connectivity index (χ3v) is 4.24. The summed E-state index contributed by atoms with van der Waals surface area (Å²) in [6, 6.07) is 11.3. The van der Waals surface area contributed by atoms with Crippen molar-refractivity contribution in [1.29, 1.82) is 0 Å². The maximum Gasteiger partial charge on any atom is 0.335 e. The Kier molecular flexibility index (Phi) is 5.14. The molecule has 8 nitrogen and oxygen atoms in total. The number of nitro groups is 1. The monoisotopic (exact) mass is 400 g/mol. The van der Waals surface area contributed by atoms with Crippen molar-refractivity contribution in [1.82, 2.24) is 0 Å². The molecule has 0 bridgehead atoms. The number of amides is 1. The number of rotatable bonds is 5. The standard InChI is InChI=1S/C19H13ClN2O6/c1-10-2-4-12(15(8-10)22(26)27)16-6-7-17(28-16)18(23)21-14-9-11(19(24)25)3-5-13(14)20/h2-9H,1H3,(H,21,23)(H,24,25). The Morgan fingerprint density at radius 1 is 1.14 bits per heavy atom. The number of nitrogens with zero attached hydrogens (tertiary/aromatic N) is 1. The van der Waals surface area contributed by atoms with Crippen LogP contribution in [0.5, 0.6) is 0 Å². The Labute approximate surface area is 163 Å². The number of furan rings is 1. The maximum absolute atomic E-state index is 12.4. The fourth-order valence-corrected chi connectivity index (χ4v) is 2.71. The number of aryl methyl sites for hydroxylation is 1. The van der Waals surface area contributed by atoms with Gasteiger partial charge in [0.25, 0.3) is 11.6 Å². The number of aromatic carboxylic acids is 1. The Balaban J connectivity index is 1.89. The molecule has 9 heteroatoms. The van der Waals surface area contributed by atoms with Crippen LogP contribution in [0.3, 0.4) is 0 Å². The van der Waals surface area contributed by atoms with Crippen LogP contribution in [-0.2, 0) is 0 Å². The molecule has 28 heavy (non-hydrogen) atoms. The predicted molar refractivity (Wildman–Crippen MR) is 102 cm³/mol. The molecular formula is C19H13ClN2O6. The normalized spacial score (nSPS) is 10.5. The van der Waals surface area contributed by atoms with E-state index in [4.69, 9.17) is 21.1 Å². The van der Waals surface area contributed by atoms with E-state index in [1.54, 1.807) is 19.1 Å². The van der Waals surface area contributed by atoms with Crippen LogP contribution in [0.15, 0.2) is 52.9 Å². The predicted octanol–water partition coefficient (Wildman–Crippen LogP) is 4.77. The third kappa shape index (κ3) is 3.86. The number of carboxylic acid groups (broad SMARTS) is 1. The van der Waals surface area contributed by atoms with Crippen molar-refractivity contribution in [3.05, 3.63) is 80.6 Å². The molecule has 0 aliphatic carbocycles. The van der Waals surface area contributed by atoms with E-state index in [1.807, 2.05) is 0 Å². The average Bonchev–Trinajstić information content (AvgIpc) is 3.13. The lowest BCUT2D eigenvalue weighted by atomic mass is 10.1. The Morgan fingerprint density at radius 2 is 1.89 bits per heavy atom. The van der Waals surface area contributed by atoms with E-state index in [9.17, 15) is 19.7 Å². The zero-order valence-electron chi connectivity index (χ0n) is 14.4. The molecule has 0 aliphatic heterocycles. The number of hydrogen-bond acceptors (Lipinski definition) is 5. The first-order valence-electron chi connectivity index (χ1n) is 7.95. The quantitative estimate of drug-likeness (QED) is 0.469. The van der Waals surface area contributed by atoms with E-state index in [1.165, 1.54) is 36.4 Å². The molecule has 0 spiro atoms. The Bertz CT molecular complexity index is 1110. The van der Waals surface area contributed by atoms with Crippen molar-refractivity contribution in [2.24, 2.45) is 0 Å². The van der Waals surface area contributed by atoms with Gasteiger partial charge in [-0.15, -0.1) is 0 Å². The van der Waals surface area contributed by atoms with Gasteiger partial charge in [0.05, 0.1) is 26.8 Å². The number of anilines is 1. The molecule has 3 rings (SSSR count). The Hall–Kier alpha value is -3.65. The lowest BCUT2D eigenvalue weighted by molar-refractivity contribution is -0.384. The number of carbonyl (C=O) groups is 2. The summed E-state index contributed by atoms with van der Waals surface area (Å²) in [4.78, 5) is 34.2. The highest BCUT2D eigenvalue weighted by atomic mass is 35.5. The summed E-state index contributed by atoms with van der Waals surface area (Å²) in [5.41, 5.74) is 0.868. The summed E-state index contributed by atoms with van der Waals surface area (Å²) in [7, 11) is 0. The van der Waals surface area contributed by atoms with Crippen LogP contribution in [0, 0.1) is 17.0 Å². The van der Waals surface area contributed by atoms with Crippen LogP contribution in [-0.4, -0.2) is 21.9 Å². The van der Waals surface area contributed by atoms with Gasteiger partial charge in [-0.3, -0.25) is 14.9 Å². The largest absolute Gasteiger partial charge is 0.478 e. The van der Waals surface area contributed by atoms with Gasteiger partial charge in [0.1, 0.15) is 5.76 Å². The van der Waals surface area contributed by atoms with Gasteiger partial charge in [0.15, 0.2) is 5.76 Å². The number of hydrogen-bond donors (Lipinski definition) is 2. The second-order valence-corrected chi connectivity index (χ2v) is 6.30. The number of carboxylic acids is 1. The molecule has 0 saturated heterocycles. The molecule has 0 radical (unpaired) electrons. The second kappa shape index (κ2) is 7.53. The van der Waals surface area contributed by atoms with Gasteiger partial charge in [-0.2, -0.15) is 0 Å². The molecule has 0 unspecified atom stereocenters. The SMILES string of the molecule is Cc1ccc(-c2ccc(C(=O)Nc3cc(C(=O)O)ccc3Cl)o2)c([N+](=O)[O-])c1. The van der Waals surface area contributed by atoms with Gasteiger partial charge in [-0.1, -0.05) is 17.7 Å². The molecule has 1 aromatic heterocycles. The highest BCUT2D eigenvalue weighted by Gasteiger charge is 2.20. The topological polar surface area (TPSA) is 123 Å². The van der Waals surface area contributed by atoms with Gasteiger partial charge in [0, 0.05) is 6.07 Å². The summed E-state index contributed by atoms with van der Waals surface area (Å²) >= 11 is 5.99. The molecule has 2 aromatic carbocycles. The molecule has 1 amide bonds. The third-order valence-electron chi connectivity index (χ3n) is 3.91. The van der Waals surface area contributed by atoms with Gasteiger partial charge in [0.2, 0.25) is 0 Å². The zero-order chi connectivity index (χ0) is 20.4. The molecule has 2 N–H and O–H groups in total. The summed E-state index contributed by atoms with van der Waals surface area (Å²) < 4.78 is 5.48. The first-order chi connectivity index (χ1) is 13.3. The lowest BCUT2D eigenvalue weighted by Gasteiger charge is -2.07. The van der Waals surface area contributed by atoms with E-state index >= 15 is 0 Å². The number of nitrogens with one attached hydrogen (secondary N) is 1. The van der Waals surface area contributed by atoms with Gasteiger partial charge >= 0.3 is 5.97 Å². The molecule has 0 fully saturated rings. The fourth-order valence-electron chi connectivity index (χ4n) is 2.54. The average molecular weight is 401 g/mol. The molecule has 0 atom stereocenters. The highest BCUT2D eigenvalue weighted by molar-refractivity contribution is 6.34. The molecule has 142 valence electrons. The number of benzene rings is 2. The zero-order valence-corrected chi connectivity index (χ0v) is 15.2. The van der Waals surface area contributed by atoms with E-state index in [-0.39, 0.29) is 39.0 Å². The smallest absolute Gasteiger partial charge is 0.335 e. The van der Waals surface area contributed by atoms with Gasteiger partial charge in [-0.05, 0) is 48.9 Å². The fraction of sp³-hybridized carbons (Fsp3) is 0.0526. The van der Waals surface area contributed by atoms with Crippen molar-refractivity contribution in [3.8, 4) is 11.3 Å². The van der Waals surface area contributed by atoms with Gasteiger partial charge < -0.3 is 14.8 Å². The molecule has 1 heterocycles. The maximum atomic E-state index is 12.4. The van der Waals surface area contributed by atoms with Crippen molar-refractivity contribution in [2.45, 2.75) is 6.92 Å². The number of nitro benzene ring substituents is 1. The van der Waals surface area contributed by atoms with E-state index < -0.39 is 16.8 Å². The van der Waals surface area contributed by atoms with Crippen LogP contribution in [0.4, 0.5) is 11.4 Å². The first kappa shape index (κ1) is 19.1. The summed E-state index contributed by atoms with van der Waals surface area (Å²) in [6.45, 7) is 1.73. The van der Waals surface area contributed by atoms with Crippen molar-refractivity contribution >= 4 is 34.9 Å². The van der Waals surface area contributed by atoms with Crippen molar-refractivity contribution < 1.29 is 24.0 Å². The lowest BCUT2D eigenvalue weighted by Crippen LogP contribution is -2.12. The molecular weight excluding hydrogens is 388 g/mol. The van der Waals surface area contributed by atoms with E-state index in [0.717, 1.165) is 0 Å². The highest BCUT2D eigenvalue weighted by Crippen LogP contribution is 2.32. The second-order valence-electron chi connectivity index (χ2n) is 5.90. The van der Waals surface area contributed by atoms with Crippen LogP contribution in [0.2, 0.25) is 5.02 Å². The van der Waals surface area contributed by atoms with Crippen molar-refractivity contribution in [3.63, 3.8) is 0 Å². The Morgan fingerprint density at radius 3 is 2.57 bits per heavy atom. The minimum atomic E-state index is -1.17. The van der Waals surface area contributed by atoms with E-state index in [2.05, 4.69) is 5.32 Å². The van der Waals surface area contributed by atoms with Crippen LogP contribution >= 0.6 is 11.6 Å². The summed E-state index contributed by atoms with van der Waals surface area (Å²) in [6.07, 6.45) is 0. The summed E-state index contributed by atoms with van der Waals surface area (Å²) in [5, 5.41) is 22.9. The number of carbonyl (C=O) groups excluding carboxylic acids is 1. The van der Waals surface area contributed by atoms with Gasteiger partial charge in [-0.25, -0.2) is 4.79 Å². The van der Waals surface area contributed by atoms with Crippen LogP contribution < -0.4 is 5.32 Å². The minimum Gasteiger partial charge on any atom is -0.478 e. The van der Waals surface area contributed by atoms with Crippen molar-refractivity contribution in [2.75, 3.05) is 5.32 Å².